The molecule has 1 aliphatic heterocycles. The smallest absolute Gasteiger partial charge is 0.272 e. The van der Waals surface area contributed by atoms with Crippen molar-refractivity contribution in [3.05, 3.63) is 29.6 Å². The normalized spacial score (nSPS) is 16.6. The van der Waals surface area contributed by atoms with Crippen LogP contribution in [-0.2, 0) is 0 Å². The number of hydrogen-bond acceptors (Lipinski definition) is 3. The first-order chi connectivity index (χ1) is 6.66. The van der Waals surface area contributed by atoms with Crippen molar-refractivity contribution in [2.45, 2.75) is 13.0 Å². The minimum atomic E-state index is -0.357. The second-order valence-electron chi connectivity index (χ2n) is 3.58. The summed E-state index contributed by atoms with van der Waals surface area (Å²) in [6.07, 6.45) is 1.31. The standard InChI is InChI=1S/C10H12N2O2/c1-7-2-3-9(11-4-7)10(14)12-5-8(13)6-12/h2-4,8,13H,5-6H2,1H3. The molecule has 0 aromatic carbocycles. The van der Waals surface area contributed by atoms with E-state index in [1.165, 1.54) is 0 Å². The van der Waals surface area contributed by atoms with Crippen molar-refractivity contribution in [3.63, 3.8) is 0 Å². The van der Waals surface area contributed by atoms with Gasteiger partial charge >= 0.3 is 0 Å². The Balaban J connectivity index is 2.08. The summed E-state index contributed by atoms with van der Waals surface area (Å²) in [6.45, 7) is 2.78. The molecular formula is C10H12N2O2. The molecule has 1 amide bonds. The number of pyridine rings is 1. The molecule has 4 nitrogen and oxygen atoms in total. The van der Waals surface area contributed by atoms with Gasteiger partial charge in [0.2, 0.25) is 0 Å². The van der Waals surface area contributed by atoms with Gasteiger partial charge in [-0.2, -0.15) is 0 Å². The van der Waals surface area contributed by atoms with Crippen LogP contribution in [0.25, 0.3) is 0 Å². The van der Waals surface area contributed by atoms with Crippen LogP contribution in [0.1, 0.15) is 16.1 Å². The maximum Gasteiger partial charge on any atom is 0.272 e. The zero-order valence-corrected chi connectivity index (χ0v) is 7.97. The number of aliphatic hydroxyl groups excluding tert-OH is 1. The monoisotopic (exact) mass is 192 g/mol. The lowest BCUT2D eigenvalue weighted by molar-refractivity contribution is 0.00550. The number of aryl methyl sites for hydroxylation is 1. The Bertz CT molecular complexity index is 342. The first-order valence-electron chi connectivity index (χ1n) is 4.57. The van der Waals surface area contributed by atoms with Gasteiger partial charge in [0.1, 0.15) is 5.69 Å². The number of β-amino-alcohol motifs (C(OH)–C–C–N with tert-alkyl or cyclic N) is 1. The summed E-state index contributed by atoms with van der Waals surface area (Å²) >= 11 is 0. The van der Waals surface area contributed by atoms with Gasteiger partial charge in [0, 0.05) is 19.3 Å². The second kappa shape index (κ2) is 3.38. The Hall–Kier alpha value is -1.42. The van der Waals surface area contributed by atoms with Gasteiger partial charge in [-0.1, -0.05) is 6.07 Å². The third-order valence-corrected chi connectivity index (χ3v) is 2.28. The van der Waals surface area contributed by atoms with Crippen LogP contribution in [0.15, 0.2) is 18.3 Å². The van der Waals surface area contributed by atoms with E-state index in [1.54, 1.807) is 17.2 Å². The van der Waals surface area contributed by atoms with E-state index in [0.717, 1.165) is 5.56 Å². The molecule has 0 atom stereocenters. The van der Waals surface area contributed by atoms with Crippen LogP contribution in [0, 0.1) is 6.92 Å². The van der Waals surface area contributed by atoms with Crippen LogP contribution >= 0.6 is 0 Å². The van der Waals surface area contributed by atoms with Gasteiger partial charge in [-0.25, -0.2) is 0 Å². The van der Waals surface area contributed by atoms with Crippen LogP contribution in [-0.4, -0.2) is 40.1 Å². The van der Waals surface area contributed by atoms with Gasteiger partial charge in [-0.3, -0.25) is 9.78 Å². The fourth-order valence-electron chi connectivity index (χ4n) is 1.38. The zero-order valence-electron chi connectivity index (χ0n) is 7.97. The van der Waals surface area contributed by atoms with Crippen molar-refractivity contribution in [2.24, 2.45) is 0 Å². The highest BCUT2D eigenvalue weighted by Crippen LogP contribution is 2.11. The SMILES string of the molecule is Cc1ccc(C(=O)N2CC(O)C2)nc1. The summed E-state index contributed by atoms with van der Waals surface area (Å²) in [7, 11) is 0. The molecule has 2 rings (SSSR count). The van der Waals surface area contributed by atoms with Crippen molar-refractivity contribution in [1.29, 1.82) is 0 Å². The Labute approximate surface area is 82.2 Å². The molecular weight excluding hydrogens is 180 g/mol. The molecule has 0 spiro atoms. The fourth-order valence-corrected chi connectivity index (χ4v) is 1.38. The molecule has 0 radical (unpaired) electrons. The van der Waals surface area contributed by atoms with Crippen LogP contribution in [0.2, 0.25) is 0 Å². The highest BCUT2D eigenvalue weighted by molar-refractivity contribution is 5.92. The van der Waals surface area contributed by atoms with Crippen molar-refractivity contribution in [3.8, 4) is 0 Å². The molecule has 1 N–H and O–H groups in total. The summed E-state index contributed by atoms with van der Waals surface area (Å²) in [6, 6.07) is 3.57. The van der Waals surface area contributed by atoms with E-state index in [0.29, 0.717) is 18.8 Å². The number of aromatic nitrogens is 1. The Morgan fingerprint density at radius 2 is 2.29 bits per heavy atom. The molecule has 0 aliphatic carbocycles. The van der Waals surface area contributed by atoms with E-state index in [4.69, 9.17) is 5.11 Å². The molecule has 1 fully saturated rings. The fraction of sp³-hybridized carbons (Fsp3) is 0.400. The minimum Gasteiger partial charge on any atom is -0.389 e. The molecule has 4 heteroatoms. The van der Waals surface area contributed by atoms with E-state index >= 15 is 0 Å². The molecule has 1 aromatic rings. The first-order valence-corrected chi connectivity index (χ1v) is 4.57. The topological polar surface area (TPSA) is 53.4 Å². The molecule has 1 saturated heterocycles. The highest BCUT2D eigenvalue weighted by atomic mass is 16.3. The summed E-state index contributed by atoms with van der Waals surface area (Å²) in [5, 5.41) is 9.04. The van der Waals surface area contributed by atoms with Gasteiger partial charge in [0.05, 0.1) is 6.10 Å². The van der Waals surface area contributed by atoms with Crippen molar-refractivity contribution in [1.82, 2.24) is 9.88 Å². The molecule has 74 valence electrons. The lowest BCUT2D eigenvalue weighted by Gasteiger charge is -2.35. The Morgan fingerprint density at radius 1 is 1.57 bits per heavy atom. The van der Waals surface area contributed by atoms with Gasteiger partial charge in [0.25, 0.3) is 5.91 Å². The summed E-state index contributed by atoms with van der Waals surface area (Å²) in [5.74, 6) is -0.102. The van der Waals surface area contributed by atoms with Gasteiger partial charge in [-0.15, -0.1) is 0 Å². The third kappa shape index (κ3) is 1.61. The van der Waals surface area contributed by atoms with Crippen LogP contribution in [0.4, 0.5) is 0 Å². The van der Waals surface area contributed by atoms with Crippen molar-refractivity contribution in [2.75, 3.05) is 13.1 Å². The van der Waals surface area contributed by atoms with Crippen molar-refractivity contribution < 1.29 is 9.90 Å². The second-order valence-corrected chi connectivity index (χ2v) is 3.58. The molecule has 0 bridgehead atoms. The number of rotatable bonds is 1. The number of carbonyl (C=O) groups is 1. The van der Waals surface area contributed by atoms with E-state index in [-0.39, 0.29) is 12.0 Å². The van der Waals surface area contributed by atoms with E-state index < -0.39 is 0 Å². The highest BCUT2D eigenvalue weighted by Gasteiger charge is 2.29. The Morgan fingerprint density at radius 3 is 2.79 bits per heavy atom. The zero-order chi connectivity index (χ0) is 10.1. The van der Waals surface area contributed by atoms with Gasteiger partial charge in [-0.05, 0) is 18.6 Å². The summed E-state index contributed by atoms with van der Waals surface area (Å²) in [4.78, 5) is 17.3. The molecule has 2 heterocycles. The van der Waals surface area contributed by atoms with E-state index in [9.17, 15) is 4.79 Å². The summed E-state index contributed by atoms with van der Waals surface area (Å²) in [5.41, 5.74) is 1.48. The van der Waals surface area contributed by atoms with Crippen LogP contribution in [0.5, 0.6) is 0 Å². The number of likely N-dealkylation sites (tertiary alicyclic amines) is 1. The van der Waals surface area contributed by atoms with Crippen LogP contribution < -0.4 is 0 Å². The number of nitrogens with zero attached hydrogens (tertiary/aromatic N) is 2. The number of aliphatic hydroxyl groups is 1. The third-order valence-electron chi connectivity index (χ3n) is 2.28. The number of carbonyl (C=O) groups excluding carboxylic acids is 1. The Kier molecular flexibility index (Phi) is 2.21. The predicted octanol–water partition coefficient (Wildman–Crippen LogP) is 0.207. The molecule has 0 saturated carbocycles. The molecule has 0 unspecified atom stereocenters. The lowest BCUT2D eigenvalue weighted by atomic mass is 10.1. The van der Waals surface area contributed by atoms with E-state index in [1.807, 2.05) is 13.0 Å². The number of hydrogen-bond donors (Lipinski definition) is 1. The quantitative estimate of drug-likeness (QED) is 0.692. The number of amides is 1. The van der Waals surface area contributed by atoms with Crippen molar-refractivity contribution >= 4 is 5.91 Å². The average molecular weight is 192 g/mol. The maximum absolute atomic E-state index is 11.6. The van der Waals surface area contributed by atoms with Gasteiger partial charge < -0.3 is 10.0 Å². The van der Waals surface area contributed by atoms with Gasteiger partial charge in [0.15, 0.2) is 0 Å². The summed E-state index contributed by atoms with van der Waals surface area (Å²) < 4.78 is 0. The largest absolute Gasteiger partial charge is 0.389 e. The molecule has 1 aromatic heterocycles. The maximum atomic E-state index is 11.6. The van der Waals surface area contributed by atoms with E-state index in [2.05, 4.69) is 4.98 Å². The first kappa shape index (κ1) is 9.15. The minimum absolute atomic E-state index is 0.102. The average Bonchev–Trinajstić information content (AvgIpc) is 2.13. The lowest BCUT2D eigenvalue weighted by Crippen LogP contribution is -2.53. The molecule has 14 heavy (non-hydrogen) atoms. The van der Waals surface area contributed by atoms with Crippen LogP contribution in [0.3, 0.4) is 0 Å². The predicted molar refractivity (Wildman–Crippen MR) is 50.9 cm³/mol. The molecule has 1 aliphatic rings.